The number of aryl methyl sites for hydroxylation is 1. The number of carbonyl (C=O) groups is 3. The first-order valence-corrected chi connectivity index (χ1v) is 8.82. The highest BCUT2D eigenvalue weighted by atomic mass is 79.9. The van der Waals surface area contributed by atoms with Crippen LogP contribution < -0.4 is 9.47 Å². The first-order chi connectivity index (χ1) is 12.7. The second-order valence-corrected chi connectivity index (χ2v) is 6.67. The molecule has 1 heterocycles. The number of aromatic amines is 1. The molecule has 1 aromatic carbocycles. The molecule has 2 aromatic rings. The first-order valence-electron chi connectivity index (χ1n) is 8.03. The molecule has 2 rings (SSSR count). The zero-order valence-electron chi connectivity index (χ0n) is 15.7. The minimum Gasteiger partial charge on any atom is -0.495 e. The molecule has 0 unspecified atom stereocenters. The van der Waals surface area contributed by atoms with E-state index in [1.165, 1.54) is 33.3 Å². The number of rotatable bonds is 7. The lowest BCUT2D eigenvalue weighted by Crippen LogP contribution is -2.15. The maximum absolute atomic E-state index is 12.4. The number of benzene rings is 1. The standard InChI is InChI=1S/C19H20BrNO6/c1-9-16(11(3)22)10(2)21-18(9)13(23)8-27-19(24)12-6-14(25-4)17(20)15(7-12)26-5/h6-7,21H,8H2,1-5H3. The van der Waals surface area contributed by atoms with Gasteiger partial charge in [-0.2, -0.15) is 0 Å². The van der Waals surface area contributed by atoms with Crippen molar-refractivity contribution in [1.29, 1.82) is 0 Å². The van der Waals surface area contributed by atoms with Crippen molar-refractivity contribution in [3.8, 4) is 11.5 Å². The van der Waals surface area contributed by atoms with Gasteiger partial charge in [0.2, 0.25) is 5.78 Å². The number of hydrogen-bond donors (Lipinski definition) is 1. The van der Waals surface area contributed by atoms with Gasteiger partial charge in [-0.15, -0.1) is 0 Å². The highest BCUT2D eigenvalue weighted by Gasteiger charge is 2.22. The number of aromatic nitrogens is 1. The zero-order chi connectivity index (χ0) is 20.3. The number of H-pyrrole nitrogens is 1. The Balaban J connectivity index is 2.18. The van der Waals surface area contributed by atoms with E-state index in [9.17, 15) is 14.4 Å². The van der Waals surface area contributed by atoms with Crippen molar-refractivity contribution in [2.45, 2.75) is 20.8 Å². The van der Waals surface area contributed by atoms with Crippen LogP contribution in [0.4, 0.5) is 0 Å². The number of carbonyl (C=O) groups excluding carboxylic acids is 3. The molecule has 7 nitrogen and oxygen atoms in total. The summed E-state index contributed by atoms with van der Waals surface area (Å²) in [5, 5.41) is 0. The molecule has 144 valence electrons. The van der Waals surface area contributed by atoms with E-state index < -0.39 is 18.4 Å². The summed E-state index contributed by atoms with van der Waals surface area (Å²) in [6.07, 6.45) is 0. The molecule has 0 aliphatic rings. The number of ketones is 2. The minimum atomic E-state index is -0.694. The number of esters is 1. The number of Topliss-reactive ketones (excluding diaryl/α,β-unsaturated/α-hetero) is 2. The van der Waals surface area contributed by atoms with Crippen molar-refractivity contribution < 1.29 is 28.6 Å². The molecule has 0 bridgehead atoms. The van der Waals surface area contributed by atoms with E-state index in [1.807, 2.05) is 0 Å². The van der Waals surface area contributed by atoms with E-state index in [4.69, 9.17) is 14.2 Å². The molecule has 8 heteroatoms. The molecule has 27 heavy (non-hydrogen) atoms. The first kappa shape index (κ1) is 20.7. The monoisotopic (exact) mass is 437 g/mol. The molecule has 1 N–H and O–H groups in total. The maximum Gasteiger partial charge on any atom is 0.338 e. The summed E-state index contributed by atoms with van der Waals surface area (Å²) in [4.78, 5) is 39.3. The molecular weight excluding hydrogens is 418 g/mol. The summed E-state index contributed by atoms with van der Waals surface area (Å²) in [7, 11) is 2.92. The summed E-state index contributed by atoms with van der Waals surface area (Å²) in [6.45, 7) is 4.37. The Kier molecular flexibility index (Phi) is 6.43. The number of methoxy groups -OCH3 is 2. The zero-order valence-corrected chi connectivity index (χ0v) is 17.3. The number of hydrogen-bond acceptors (Lipinski definition) is 6. The van der Waals surface area contributed by atoms with Crippen LogP contribution in [0, 0.1) is 13.8 Å². The Morgan fingerprint density at radius 3 is 2.07 bits per heavy atom. The third-order valence-electron chi connectivity index (χ3n) is 4.08. The van der Waals surface area contributed by atoms with Crippen molar-refractivity contribution in [2.24, 2.45) is 0 Å². The van der Waals surface area contributed by atoms with Crippen LogP contribution in [0.5, 0.6) is 11.5 Å². The third-order valence-corrected chi connectivity index (χ3v) is 4.87. The molecular formula is C19H20BrNO6. The second kappa shape index (κ2) is 8.39. The Morgan fingerprint density at radius 2 is 1.63 bits per heavy atom. The van der Waals surface area contributed by atoms with Crippen molar-refractivity contribution in [3.05, 3.63) is 44.7 Å². The van der Waals surface area contributed by atoms with Gasteiger partial charge in [-0.3, -0.25) is 9.59 Å². The van der Waals surface area contributed by atoms with E-state index in [0.29, 0.717) is 32.8 Å². The average Bonchev–Trinajstić information content (AvgIpc) is 2.93. The summed E-state index contributed by atoms with van der Waals surface area (Å²) in [5.74, 6) is -0.455. The molecule has 1 aromatic heterocycles. The van der Waals surface area contributed by atoms with Crippen LogP contribution in [0.3, 0.4) is 0 Å². The van der Waals surface area contributed by atoms with E-state index >= 15 is 0 Å². The van der Waals surface area contributed by atoms with E-state index in [2.05, 4.69) is 20.9 Å². The quantitative estimate of drug-likeness (QED) is 0.524. The third kappa shape index (κ3) is 4.21. The average molecular weight is 438 g/mol. The van der Waals surface area contributed by atoms with Crippen LogP contribution in [0.25, 0.3) is 0 Å². The number of ether oxygens (including phenoxy) is 3. The Hall–Kier alpha value is -2.61. The van der Waals surface area contributed by atoms with Gasteiger partial charge in [0.1, 0.15) is 16.0 Å². The van der Waals surface area contributed by atoms with Crippen LogP contribution in [0.15, 0.2) is 16.6 Å². The van der Waals surface area contributed by atoms with Crippen molar-refractivity contribution in [3.63, 3.8) is 0 Å². The van der Waals surface area contributed by atoms with Crippen LogP contribution >= 0.6 is 15.9 Å². The fraction of sp³-hybridized carbons (Fsp3) is 0.316. The van der Waals surface area contributed by atoms with Crippen molar-refractivity contribution >= 4 is 33.5 Å². The van der Waals surface area contributed by atoms with Gasteiger partial charge in [0.15, 0.2) is 12.4 Å². The van der Waals surface area contributed by atoms with Crippen molar-refractivity contribution in [1.82, 2.24) is 4.98 Å². The van der Waals surface area contributed by atoms with E-state index in [0.717, 1.165) is 0 Å². The van der Waals surface area contributed by atoms with Gasteiger partial charge in [-0.25, -0.2) is 4.79 Å². The van der Waals surface area contributed by atoms with Crippen LogP contribution in [0.1, 0.15) is 49.4 Å². The van der Waals surface area contributed by atoms with Gasteiger partial charge in [0.05, 0.1) is 25.5 Å². The topological polar surface area (TPSA) is 94.7 Å². The minimum absolute atomic E-state index is 0.133. The molecule has 0 saturated carbocycles. The largest absolute Gasteiger partial charge is 0.495 e. The van der Waals surface area contributed by atoms with Gasteiger partial charge >= 0.3 is 5.97 Å². The van der Waals surface area contributed by atoms with Crippen molar-refractivity contribution in [2.75, 3.05) is 20.8 Å². The molecule has 0 spiro atoms. The predicted octanol–water partition coefficient (Wildman–Crippen LogP) is 3.65. The predicted molar refractivity (Wildman–Crippen MR) is 102 cm³/mol. The lowest BCUT2D eigenvalue weighted by molar-refractivity contribution is 0.0472. The molecule has 0 amide bonds. The second-order valence-electron chi connectivity index (χ2n) is 5.88. The van der Waals surface area contributed by atoms with E-state index in [-0.39, 0.29) is 17.0 Å². The summed E-state index contributed by atoms with van der Waals surface area (Å²) >= 11 is 3.32. The van der Waals surface area contributed by atoms with Gasteiger partial charge in [-0.05, 0) is 54.4 Å². The van der Waals surface area contributed by atoms with Gasteiger partial charge < -0.3 is 19.2 Å². The molecule has 0 atom stereocenters. The van der Waals surface area contributed by atoms with Gasteiger partial charge in [0.25, 0.3) is 0 Å². The number of nitrogens with one attached hydrogen (secondary N) is 1. The SMILES string of the molecule is COc1cc(C(=O)OCC(=O)c2[nH]c(C)c(C(C)=O)c2C)cc(OC)c1Br. The van der Waals surface area contributed by atoms with E-state index in [1.54, 1.807) is 13.8 Å². The van der Waals surface area contributed by atoms with Gasteiger partial charge in [0, 0.05) is 11.3 Å². The highest BCUT2D eigenvalue weighted by molar-refractivity contribution is 9.10. The molecule has 0 radical (unpaired) electrons. The Labute approximate surface area is 165 Å². The van der Waals surface area contributed by atoms with Gasteiger partial charge in [-0.1, -0.05) is 0 Å². The molecule has 0 aliphatic carbocycles. The lowest BCUT2D eigenvalue weighted by atomic mass is 10.1. The fourth-order valence-corrected chi connectivity index (χ4v) is 3.38. The molecule has 0 saturated heterocycles. The van der Waals surface area contributed by atoms with Crippen LogP contribution in [-0.2, 0) is 4.74 Å². The maximum atomic E-state index is 12.4. The Morgan fingerprint density at radius 1 is 1.07 bits per heavy atom. The molecule has 0 fully saturated rings. The fourth-order valence-electron chi connectivity index (χ4n) is 2.83. The van der Waals surface area contributed by atoms with Crippen LogP contribution in [0.2, 0.25) is 0 Å². The smallest absolute Gasteiger partial charge is 0.338 e. The summed E-state index contributed by atoms with van der Waals surface area (Å²) < 4.78 is 16.1. The lowest BCUT2D eigenvalue weighted by Gasteiger charge is -2.11. The summed E-state index contributed by atoms with van der Waals surface area (Å²) in [6, 6.07) is 2.97. The normalized spacial score (nSPS) is 10.4. The summed E-state index contributed by atoms with van der Waals surface area (Å²) in [5.41, 5.74) is 2.08. The number of halogens is 1. The van der Waals surface area contributed by atoms with Crippen LogP contribution in [-0.4, -0.2) is 43.3 Å². The highest BCUT2D eigenvalue weighted by Crippen LogP contribution is 2.35. The molecule has 0 aliphatic heterocycles. The Bertz CT molecular complexity index is 890.